The number of carbonyl (C=O) groups is 1. The molecule has 1 atom stereocenters. The maximum absolute atomic E-state index is 11.8. The summed E-state index contributed by atoms with van der Waals surface area (Å²) in [5, 5.41) is 6.49. The van der Waals surface area contributed by atoms with Crippen LogP contribution in [0, 0.1) is 0 Å². The third-order valence-corrected chi connectivity index (χ3v) is 3.60. The van der Waals surface area contributed by atoms with Crippen LogP contribution in [0.5, 0.6) is 0 Å². The Bertz CT molecular complexity index is 206. The molecule has 1 rings (SSSR count). The zero-order chi connectivity index (χ0) is 11.3. The van der Waals surface area contributed by atoms with Gasteiger partial charge < -0.3 is 10.6 Å². The highest BCUT2D eigenvalue weighted by Gasteiger charge is 2.24. The monoisotopic (exact) mass is 212 g/mol. The van der Waals surface area contributed by atoms with Crippen LogP contribution in [0.2, 0.25) is 0 Å². The number of nitrogens with one attached hydrogen (secondary N) is 2. The molecular formula is C12H24N2O. The number of hydrogen-bond acceptors (Lipinski definition) is 2. The van der Waals surface area contributed by atoms with Crippen molar-refractivity contribution < 1.29 is 4.79 Å². The zero-order valence-electron chi connectivity index (χ0n) is 10.2. The van der Waals surface area contributed by atoms with Crippen LogP contribution in [0.1, 0.15) is 52.9 Å². The van der Waals surface area contributed by atoms with Gasteiger partial charge in [-0.05, 0) is 39.2 Å². The molecule has 1 unspecified atom stereocenters. The van der Waals surface area contributed by atoms with Gasteiger partial charge in [0.2, 0.25) is 5.91 Å². The molecule has 1 aliphatic rings. The highest BCUT2D eigenvalue weighted by molar-refractivity contribution is 5.77. The van der Waals surface area contributed by atoms with Gasteiger partial charge in [0.05, 0.1) is 0 Å². The maximum atomic E-state index is 11.8. The molecule has 0 aliphatic carbocycles. The number of rotatable bonds is 5. The first-order valence-corrected chi connectivity index (χ1v) is 6.14. The summed E-state index contributed by atoms with van der Waals surface area (Å²) in [6.07, 6.45) is 4.97. The lowest BCUT2D eigenvalue weighted by Gasteiger charge is -2.28. The number of carbonyl (C=O) groups excluding carboxylic acids is 1. The van der Waals surface area contributed by atoms with E-state index in [0.717, 1.165) is 25.8 Å². The molecular weight excluding hydrogens is 188 g/mol. The number of hydrogen-bond donors (Lipinski definition) is 2. The van der Waals surface area contributed by atoms with Gasteiger partial charge in [0.1, 0.15) is 0 Å². The minimum atomic E-state index is -0.0182. The van der Waals surface area contributed by atoms with Crippen molar-refractivity contribution >= 4 is 5.91 Å². The Hall–Kier alpha value is -0.570. The van der Waals surface area contributed by atoms with E-state index in [-0.39, 0.29) is 11.4 Å². The quantitative estimate of drug-likeness (QED) is 0.730. The van der Waals surface area contributed by atoms with Crippen molar-refractivity contribution in [1.82, 2.24) is 10.6 Å². The van der Waals surface area contributed by atoms with Gasteiger partial charge in [-0.1, -0.05) is 13.8 Å². The van der Waals surface area contributed by atoms with E-state index in [1.807, 2.05) is 0 Å². The molecule has 0 aromatic carbocycles. The van der Waals surface area contributed by atoms with Crippen molar-refractivity contribution in [3.63, 3.8) is 0 Å². The largest absolute Gasteiger partial charge is 0.351 e. The third kappa shape index (κ3) is 3.82. The van der Waals surface area contributed by atoms with E-state index >= 15 is 0 Å². The molecule has 1 fully saturated rings. The van der Waals surface area contributed by atoms with Crippen molar-refractivity contribution in [3.05, 3.63) is 0 Å². The van der Waals surface area contributed by atoms with Crippen LogP contribution in [-0.4, -0.2) is 24.0 Å². The van der Waals surface area contributed by atoms with Crippen LogP contribution in [0.3, 0.4) is 0 Å². The minimum Gasteiger partial charge on any atom is -0.351 e. The number of amides is 1. The van der Waals surface area contributed by atoms with Crippen LogP contribution in [-0.2, 0) is 4.79 Å². The van der Waals surface area contributed by atoms with Gasteiger partial charge in [-0.15, -0.1) is 0 Å². The molecule has 0 aromatic heterocycles. The average Bonchev–Trinajstić information content (AvgIpc) is 2.70. The molecule has 0 radical (unpaired) electrons. The van der Waals surface area contributed by atoms with Crippen molar-refractivity contribution in [2.24, 2.45) is 0 Å². The van der Waals surface area contributed by atoms with Crippen LogP contribution < -0.4 is 10.6 Å². The second-order valence-electron chi connectivity index (χ2n) is 4.81. The molecule has 0 saturated carbocycles. The summed E-state index contributed by atoms with van der Waals surface area (Å²) in [5.41, 5.74) is -0.0182. The Morgan fingerprint density at radius 3 is 2.60 bits per heavy atom. The second kappa shape index (κ2) is 5.50. The van der Waals surface area contributed by atoms with Crippen LogP contribution in [0.4, 0.5) is 0 Å². The van der Waals surface area contributed by atoms with Gasteiger partial charge in [0.15, 0.2) is 0 Å². The van der Waals surface area contributed by atoms with Gasteiger partial charge in [0, 0.05) is 18.0 Å². The van der Waals surface area contributed by atoms with E-state index in [4.69, 9.17) is 0 Å². The molecule has 88 valence electrons. The standard InChI is InChI=1S/C12H24N2O/c1-4-12(3,5-2)14-11(15)9-10-7-6-8-13-10/h10,13H,4-9H2,1-3H3,(H,14,15). The molecule has 15 heavy (non-hydrogen) atoms. The van der Waals surface area contributed by atoms with Gasteiger partial charge in [0.25, 0.3) is 0 Å². The Labute approximate surface area is 93.0 Å². The van der Waals surface area contributed by atoms with E-state index in [9.17, 15) is 4.79 Å². The van der Waals surface area contributed by atoms with E-state index in [2.05, 4.69) is 31.4 Å². The summed E-state index contributed by atoms with van der Waals surface area (Å²) in [6.45, 7) is 7.43. The minimum absolute atomic E-state index is 0.0182. The molecule has 3 nitrogen and oxygen atoms in total. The predicted octanol–water partition coefficient (Wildman–Crippen LogP) is 1.82. The lowest BCUT2D eigenvalue weighted by molar-refractivity contribution is -0.123. The lowest BCUT2D eigenvalue weighted by atomic mass is 9.95. The molecule has 1 aliphatic heterocycles. The molecule has 1 heterocycles. The van der Waals surface area contributed by atoms with Crippen molar-refractivity contribution in [2.75, 3.05) is 6.54 Å². The van der Waals surface area contributed by atoms with E-state index < -0.39 is 0 Å². The molecule has 0 bridgehead atoms. The maximum Gasteiger partial charge on any atom is 0.221 e. The zero-order valence-corrected chi connectivity index (χ0v) is 10.2. The predicted molar refractivity (Wildman–Crippen MR) is 62.8 cm³/mol. The van der Waals surface area contributed by atoms with Crippen molar-refractivity contribution in [2.45, 2.75) is 64.5 Å². The van der Waals surface area contributed by atoms with Crippen molar-refractivity contribution in [1.29, 1.82) is 0 Å². The molecule has 0 aromatic rings. The molecule has 3 heteroatoms. The summed E-state index contributed by atoms with van der Waals surface area (Å²) in [5.74, 6) is 0.195. The SMILES string of the molecule is CCC(C)(CC)NC(=O)CC1CCCN1. The summed E-state index contributed by atoms with van der Waals surface area (Å²) in [7, 11) is 0. The molecule has 1 saturated heterocycles. The van der Waals surface area contributed by atoms with Gasteiger partial charge >= 0.3 is 0 Å². The highest BCUT2D eigenvalue weighted by Crippen LogP contribution is 2.15. The van der Waals surface area contributed by atoms with Crippen LogP contribution in [0.15, 0.2) is 0 Å². The lowest BCUT2D eigenvalue weighted by Crippen LogP contribution is -2.46. The summed E-state index contributed by atoms with van der Waals surface area (Å²) < 4.78 is 0. The second-order valence-corrected chi connectivity index (χ2v) is 4.81. The van der Waals surface area contributed by atoms with Gasteiger partial charge in [-0.3, -0.25) is 4.79 Å². The fourth-order valence-electron chi connectivity index (χ4n) is 1.97. The first-order valence-electron chi connectivity index (χ1n) is 6.14. The molecule has 1 amide bonds. The first kappa shape index (κ1) is 12.5. The van der Waals surface area contributed by atoms with Gasteiger partial charge in [-0.2, -0.15) is 0 Å². The Morgan fingerprint density at radius 2 is 2.13 bits per heavy atom. The van der Waals surface area contributed by atoms with Gasteiger partial charge in [-0.25, -0.2) is 0 Å². The molecule has 2 N–H and O–H groups in total. The highest BCUT2D eigenvalue weighted by atomic mass is 16.1. The fourth-order valence-corrected chi connectivity index (χ4v) is 1.97. The first-order chi connectivity index (χ1) is 7.09. The Balaban J connectivity index is 2.33. The summed E-state index contributed by atoms with van der Waals surface area (Å²) in [6, 6.07) is 0.406. The van der Waals surface area contributed by atoms with E-state index in [1.165, 1.54) is 6.42 Å². The summed E-state index contributed by atoms with van der Waals surface area (Å²) in [4.78, 5) is 11.8. The van der Waals surface area contributed by atoms with Crippen LogP contribution in [0.25, 0.3) is 0 Å². The fraction of sp³-hybridized carbons (Fsp3) is 0.917. The van der Waals surface area contributed by atoms with E-state index in [0.29, 0.717) is 12.5 Å². The Morgan fingerprint density at radius 1 is 1.47 bits per heavy atom. The molecule has 0 spiro atoms. The average molecular weight is 212 g/mol. The third-order valence-electron chi connectivity index (χ3n) is 3.60. The topological polar surface area (TPSA) is 41.1 Å². The summed E-state index contributed by atoms with van der Waals surface area (Å²) >= 11 is 0. The smallest absolute Gasteiger partial charge is 0.221 e. The van der Waals surface area contributed by atoms with Crippen LogP contribution >= 0.6 is 0 Å². The van der Waals surface area contributed by atoms with E-state index in [1.54, 1.807) is 0 Å². The normalized spacial score (nSPS) is 21.7. The van der Waals surface area contributed by atoms with Crippen molar-refractivity contribution in [3.8, 4) is 0 Å². The Kier molecular flexibility index (Phi) is 4.58.